The van der Waals surface area contributed by atoms with Crippen LogP contribution in [0.25, 0.3) is 0 Å². The lowest BCUT2D eigenvalue weighted by Crippen LogP contribution is -2.35. The van der Waals surface area contributed by atoms with E-state index in [4.69, 9.17) is 21.2 Å². The van der Waals surface area contributed by atoms with Gasteiger partial charge in [0.15, 0.2) is 0 Å². The largest absolute Gasteiger partial charge is 0.493 e. The molecule has 0 amide bonds. The molecule has 1 N–H and O–H groups in total. The molecule has 1 aliphatic heterocycles. The van der Waals surface area contributed by atoms with E-state index in [1.807, 2.05) is 48.5 Å². The molecular formula is C35H45ClN2O3. The van der Waals surface area contributed by atoms with Gasteiger partial charge in [-0.2, -0.15) is 0 Å². The van der Waals surface area contributed by atoms with Crippen LogP contribution in [0.1, 0.15) is 86.6 Å². The summed E-state index contributed by atoms with van der Waals surface area (Å²) in [6.07, 6.45) is 8.83. The minimum Gasteiger partial charge on any atom is -0.493 e. The van der Waals surface area contributed by atoms with E-state index in [2.05, 4.69) is 41.2 Å². The van der Waals surface area contributed by atoms with Gasteiger partial charge in [-0.25, -0.2) is 0 Å². The first-order valence-electron chi connectivity index (χ1n) is 15.1. The molecule has 3 aromatic carbocycles. The number of rotatable bonds is 15. The van der Waals surface area contributed by atoms with E-state index in [1.54, 1.807) is 7.11 Å². The zero-order valence-electron chi connectivity index (χ0n) is 24.6. The zero-order valence-corrected chi connectivity index (χ0v) is 25.4. The van der Waals surface area contributed by atoms with Crippen molar-refractivity contribution in [1.82, 2.24) is 4.90 Å². The minimum absolute atomic E-state index is 0.360. The molecule has 0 bridgehead atoms. The summed E-state index contributed by atoms with van der Waals surface area (Å²) in [5.74, 6) is 1.36. The van der Waals surface area contributed by atoms with Crippen molar-refractivity contribution >= 4 is 17.3 Å². The Hall–Kier alpha value is -2.86. The number of hydrogen-bond donors (Lipinski definition) is 1. The van der Waals surface area contributed by atoms with Gasteiger partial charge in [-0.3, -0.25) is 4.90 Å². The molecule has 5 nitrogen and oxygen atoms in total. The van der Waals surface area contributed by atoms with Gasteiger partial charge in [-0.05, 0) is 73.7 Å². The quantitative estimate of drug-likeness (QED) is 0.112. The third-order valence-electron chi connectivity index (χ3n) is 7.92. The number of piperidine rings is 1. The first-order chi connectivity index (χ1) is 20.1. The second-order valence-electron chi connectivity index (χ2n) is 11.2. The van der Waals surface area contributed by atoms with E-state index < -0.39 is 0 Å². The average molecular weight is 577 g/mol. The van der Waals surface area contributed by atoms with Crippen LogP contribution >= 0.6 is 11.6 Å². The van der Waals surface area contributed by atoms with Crippen molar-refractivity contribution in [3.8, 4) is 5.75 Å². The van der Waals surface area contributed by atoms with Gasteiger partial charge in [0.2, 0.25) is 0 Å². The van der Waals surface area contributed by atoms with Gasteiger partial charge >= 0.3 is 0 Å². The van der Waals surface area contributed by atoms with Crippen LogP contribution < -0.4 is 4.74 Å². The van der Waals surface area contributed by atoms with Gasteiger partial charge in [0, 0.05) is 22.7 Å². The molecule has 0 aliphatic carbocycles. The van der Waals surface area contributed by atoms with Crippen LogP contribution in [0.15, 0.2) is 78.0 Å². The van der Waals surface area contributed by atoms with Crippen molar-refractivity contribution in [2.24, 2.45) is 11.1 Å². The molecule has 41 heavy (non-hydrogen) atoms. The van der Waals surface area contributed by atoms with Gasteiger partial charge in [-0.15, -0.1) is 0 Å². The van der Waals surface area contributed by atoms with Gasteiger partial charge in [0.1, 0.15) is 18.6 Å². The average Bonchev–Trinajstić information content (AvgIpc) is 3.00. The fourth-order valence-electron chi connectivity index (χ4n) is 5.49. The minimum atomic E-state index is -0.360. The summed E-state index contributed by atoms with van der Waals surface area (Å²) in [5.41, 5.74) is 4.95. The van der Waals surface area contributed by atoms with Crippen molar-refractivity contribution < 1.29 is 14.7 Å². The normalized spacial score (nSPS) is 15.6. The van der Waals surface area contributed by atoms with Gasteiger partial charge in [0.05, 0.1) is 12.7 Å². The standard InChI is InChI=1S/C35H45ClN2O3/c1-3-4-5-6-7-14-34(39)30-11-8-10-28(23-30)25-38-21-19-27(20-22-38)26-41-33-13-9-12-31(24-33)35(37-40-2)29-15-17-32(36)18-16-29/h8-13,15-18,23-24,27,34,39H,3-7,14,19-22,25-26H2,1-2H3/b37-35+/t34-/m1/s1. The molecule has 1 fully saturated rings. The molecule has 220 valence electrons. The first-order valence-corrected chi connectivity index (χ1v) is 15.5. The van der Waals surface area contributed by atoms with Crippen molar-refractivity contribution in [1.29, 1.82) is 0 Å². The molecule has 0 unspecified atom stereocenters. The fraction of sp³-hybridized carbons (Fsp3) is 0.457. The number of ether oxygens (including phenoxy) is 1. The molecule has 0 spiro atoms. The molecule has 1 heterocycles. The van der Waals surface area contributed by atoms with Crippen LogP contribution in [-0.4, -0.2) is 42.5 Å². The Labute approximate surface area is 251 Å². The number of hydrogen-bond acceptors (Lipinski definition) is 5. The van der Waals surface area contributed by atoms with Crippen molar-refractivity contribution in [2.45, 2.75) is 70.9 Å². The maximum atomic E-state index is 10.7. The van der Waals surface area contributed by atoms with Gasteiger partial charge < -0.3 is 14.7 Å². The van der Waals surface area contributed by atoms with E-state index in [0.29, 0.717) is 17.5 Å². The monoisotopic (exact) mass is 576 g/mol. The smallest absolute Gasteiger partial charge is 0.119 e. The van der Waals surface area contributed by atoms with Crippen LogP contribution in [-0.2, 0) is 11.4 Å². The first kappa shape index (κ1) is 31.1. The molecule has 1 aliphatic rings. The number of halogens is 1. The number of oxime groups is 1. The van der Waals surface area contributed by atoms with E-state index in [1.165, 1.54) is 31.2 Å². The van der Waals surface area contributed by atoms with E-state index in [0.717, 1.165) is 73.5 Å². The lowest BCUT2D eigenvalue weighted by Gasteiger charge is -2.32. The Balaban J connectivity index is 1.24. The van der Waals surface area contributed by atoms with E-state index in [9.17, 15) is 5.11 Å². The molecule has 0 aromatic heterocycles. The highest BCUT2D eigenvalue weighted by molar-refractivity contribution is 6.30. The lowest BCUT2D eigenvalue weighted by molar-refractivity contribution is 0.136. The zero-order chi connectivity index (χ0) is 28.9. The Kier molecular flexibility index (Phi) is 12.5. The second-order valence-corrected chi connectivity index (χ2v) is 11.6. The lowest BCUT2D eigenvalue weighted by atomic mass is 9.96. The number of aliphatic hydroxyl groups is 1. The molecule has 3 aromatic rings. The van der Waals surface area contributed by atoms with Crippen molar-refractivity contribution in [2.75, 3.05) is 26.8 Å². The molecule has 1 atom stereocenters. The highest BCUT2D eigenvalue weighted by Gasteiger charge is 2.20. The molecule has 0 radical (unpaired) electrons. The summed E-state index contributed by atoms with van der Waals surface area (Å²) in [4.78, 5) is 7.65. The Morgan fingerprint density at radius 2 is 1.71 bits per heavy atom. The summed E-state index contributed by atoms with van der Waals surface area (Å²) in [6, 6.07) is 24.2. The van der Waals surface area contributed by atoms with Crippen molar-refractivity contribution in [3.05, 3.63) is 100 Å². The Morgan fingerprint density at radius 3 is 2.46 bits per heavy atom. The second kappa shape index (κ2) is 16.5. The summed E-state index contributed by atoms with van der Waals surface area (Å²) >= 11 is 6.07. The molecule has 4 rings (SSSR count). The fourth-order valence-corrected chi connectivity index (χ4v) is 5.62. The van der Waals surface area contributed by atoms with Gasteiger partial charge in [0.25, 0.3) is 0 Å². The molecular weight excluding hydrogens is 532 g/mol. The third-order valence-corrected chi connectivity index (χ3v) is 8.18. The highest BCUT2D eigenvalue weighted by Crippen LogP contribution is 2.25. The van der Waals surface area contributed by atoms with Crippen LogP contribution in [0.5, 0.6) is 5.75 Å². The van der Waals surface area contributed by atoms with Crippen LogP contribution in [0.4, 0.5) is 0 Å². The topological polar surface area (TPSA) is 54.3 Å². The molecule has 1 saturated heterocycles. The van der Waals surface area contributed by atoms with Crippen LogP contribution in [0.2, 0.25) is 5.02 Å². The summed E-state index contributed by atoms with van der Waals surface area (Å²) in [6.45, 7) is 5.98. The predicted molar refractivity (Wildman–Crippen MR) is 169 cm³/mol. The van der Waals surface area contributed by atoms with E-state index in [-0.39, 0.29) is 6.10 Å². The molecule has 0 saturated carbocycles. The molecule has 6 heteroatoms. The summed E-state index contributed by atoms with van der Waals surface area (Å²) < 4.78 is 6.26. The maximum Gasteiger partial charge on any atom is 0.119 e. The summed E-state index contributed by atoms with van der Waals surface area (Å²) in [5, 5.41) is 15.6. The maximum absolute atomic E-state index is 10.7. The Morgan fingerprint density at radius 1 is 0.951 bits per heavy atom. The number of nitrogens with zero attached hydrogens (tertiary/aromatic N) is 2. The number of unbranched alkanes of at least 4 members (excludes halogenated alkanes) is 4. The SMILES string of the molecule is CCCCCCC[C@@H](O)c1cccc(CN2CCC(COc3cccc(/C(=N/OC)c4ccc(Cl)cc4)c3)CC2)c1. The number of likely N-dealkylation sites (tertiary alicyclic amines) is 1. The van der Waals surface area contributed by atoms with Crippen molar-refractivity contribution in [3.63, 3.8) is 0 Å². The Bertz CT molecular complexity index is 1220. The van der Waals surface area contributed by atoms with Crippen LogP contribution in [0, 0.1) is 5.92 Å². The highest BCUT2D eigenvalue weighted by atomic mass is 35.5. The van der Waals surface area contributed by atoms with Crippen LogP contribution in [0.3, 0.4) is 0 Å². The van der Waals surface area contributed by atoms with E-state index >= 15 is 0 Å². The van der Waals surface area contributed by atoms with Gasteiger partial charge in [-0.1, -0.05) is 104 Å². The summed E-state index contributed by atoms with van der Waals surface area (Å²) in [7, 11) is 1.55. The number of aliphatic hydroxyl groups excluding tert-OH is 1. The predicted octanol–water partition coefficient (Wildman–Crippen LogP) is 8.42. The number of benzene rings is 3. The third kappa shape index (κ3) is 9.88.